The fourth-order valence-corrected chi connectivity index (χ4v) is 3.53. The van der Waals surface area contributed by atoms with Crippen molar-refractivity contribution in [1.29, 1.82) is 0 Å². The maximum absolute atomic E-state index is 12.0. The van der Waals surface area contributed by atoms with Gasteiger partial charge in [0, 0.05) is 6.20 Å². The van der Waals surface area contributed by atoms with Gasteiger partial charge in [-0.1, -0.05) is 56.8 Å². The van der Waals surface area contributed by atoms with Gasteiger partial charge in [-0.15, -0.1) is 0 Å². The number of hydrogen-bond acceptors (Lipinski definition) is 3. The van der Waals surface area contributed by atoms with Crippen LogP contribution in [0.3, 0.4) is 0 Å². The number of pyridine rings is 1. The van der Waals surface area contributed by atoms with Gasteiger partial charge in [0.15, 0.2) is 5.41 Å². The highest BCUT2D eigenvalue weighted by molar-refractivity contribution is 7.80. The van der Waals surface area contributed by atoms with Crippen LogP contribution in [-0.2, 0) is 10.2 Å². The Morgan fingerprint density at radius 3 is 2.48 bits per heavy atom. The van der Waals surface area contributed by atoms with Crippen molar-refractivity contribution in [2.75, 3.05) is 0 Å². The van der Waals surface area contributed by atoms with Crippen LogP contribution in [0.4, 0.5) is 0 Å². The molecule has 1 aliphatic rings. The molecule has 1 aromatic rings. The van der Waals surface area contributed by atoms with Crippen molar-refractivity contribution in [1.82, 2.24) is 4.98 Å². The molecule has 0 aliphatic heterocycles. The predicted molar refractivity (Wildman–Crippen MR) is 86.1 cm³/mol. The topological polar surface area (TPSA) is 76.2 Å². The second kappa shape index (κ2) is 6.98. The Hall–Kier alpha value is -1.49. The lowest BCUT2D eigenvalue weighted by Crippen LogP contribution is -2.48. The first kappa shape index (κ1) is 15.9. The van der Waals surface area contributed by atoms with Gasteiger partial charge in [-0.2, -0.15) is 0 Å². The van der Waals surface area contributed by atoms with E-state index < -0.39 is 11.4 Å². The van der Waals surface area contributed by atoms with Gasteiger partial charge in [-0.25, -0.2) is 0 Å². The molecule has 1 aliphatic carbocycles. The lowest BCUT2D eigenvalue weighted by atomic mass is 9.74. The average molecular weight is 306 g/mol. The van der Waals surface area contributed by atoms with E-state index in [1.807, 2.05) is 0 Å². The number of rotatable bonds is 5. The van der Waals surface area contributed by atoms with Crippen molar-refractivity contribution >= 4 is 23.2 Å². The Morgan fingerprint density at radius 1 is 1.33 bits per heavy atom. The summed E-state index contributed by atoms with van der Waals surface area (Å²) in [7, 11) is 0. The summed E-state index contributed by atoms with van der Waals surface area (Å²) in [5, 5.41) is 9.84. The number of nitrogens with two attached hydrogens (primary N) is 1. The van der Waals surface area contributed by atoms with Crippen molar-refractivity contribution < 1.29 is 9.90 Å². The third kappa shape index (κ3) is 3.40. The second-order valence-electron chi connectivity index (χ2n) is 5.85. The van der Waals surface area contributed by atoms with Gasteiger partial charge in [0.25, 0.3) is 0 Å². The normalized spacial score (nSPS) is 19.4. The van der Waals surface area contributed by atoms with Gasteiger partial charge in [-0.3, -0.25) is 9.78 Å². The molecule has 5 heteroatoms. The van der Waals surface area contributed by atoms with Crippen molar-refractivity contribution in [3.05, 3.63) is 30.1 Å². The molecule has 0 radical (unpaired) electrons. The van der Waals surface area contributed by atoms with Crippen LogP contribution < -0.4 is 5.73 Å². The van der Waals surface area contributed by atoms with Gasteiger partial charge in [0.1, 0.15) is 0 Å². The number of aromatic nitrogens is 1. The summed E-state index contributed by atoms with van der Waals surface area (Å²) in [4.78, 5) is 16.3. The fourth-order valence-electron chi connectivity index (χ4n) is 3.25. The van der Waals surface area contributed by atoms with Crippen molar-refractivity contribution in [3.63, 3.8) is 0 Å². The summed E-state index contributed by atoms with van der Waals surface area (Å²) in [6, 6.07) is 5.26. The van der Waals surface area contributed by atoms with E-state index in [2.05, 4.69) is 4.98 Å². The molecule has 4 nitrogen and oxygen atoms in total. The zero-order chi connectivity index (χ0) is 15.3. The van der Waals surface area contributed by atoms with E-state index in [-0.39, 0.29) is 4.99 Å². The molecule has 21 heavy (non-hydrogen) atoms. The highest BCUT2D eigenvalue weighted by atomic mass is 32.1. The molecule has 114 valence electrons. The molecule has 0 aromatic carbocycles. The summed E-state index contributed by atoms with van der Waals surface area (Å²) in [6.45, 7) is 0. The molecular weight excluding hydrogens is 284 g/mol. The zero-order valence-corrected chi connectivity index (χ0v) is 12.9. The largest absolute Gasteiger partial charge is 0.480 e. The van der Waals surface area contributed by atoms with Gasteiger partial charge >= 0.3 is 5.97 Å². The molecule has 0 amide bonds. The summed E-state index contributed by atoms with van der Waals surface area (Å²) in [5.41, 5.74) is 4.98. The molecule has 1 fully saturated rings. The van der Waals surface area contributed by atoms with Crippen LogP contribution in [0.5, 0.6) is 0 Å². The Balaban J connectivity index is 2.35. The molecular formula is C16H22N2O2S. The number of carbonyl (C=O) groups is 1. The molecule has 0 spiro atoms. The molecule has 1 heterocycles. The number of thiocarbonyl (C=S) groups is 1. The smallest absolute Gasteiger partial charge is 0.322 e. The van der Waals surface area contributed by atoms with Crippen LogP contribution in [-0.4, -0.2) is 21.0 Å². The standard InChI is InChI=1S/C16H22N2O2S/c17-14(21)16(15(19)20,13-9-5-6-10-18-13)11-12-7-3-1-2-4-8-12/h5-6,9-10,12H,1-4,7-8,11H2,(H2,17,21)(H,19,20). The minimum atomic E-state index is -1.34. The highest BCUT2D eigenvalue weighted by Gasteiger charge is 2.46. The van der Waals surface area contributed by atoms with E-state index in [9.17, 15) is 9.90 Å². The van der Waals surface area contributed by atoms with Crippen LogP contribution in [0.1, 0.15) is 50.6 Å². The number of hydrogen-bond donors (Lipinski definition) is 2. The van der Waals surface area contributed by atoms with Crippen LogP contribution in [0.2, 0.25) is 0 Å². The summed E-state index contributed by atoms with van der Waals surface area (Å²) < 4.78 is 0. The van der Waals surface area contributed by atoms with Crippen molar-refractivity contribution in [2.24, 2.45) is 11.7 Å². The van der Waals surface area contributed by atoms with Crippen LogP contribution in [0.15, 0.2) is 24.4 Å². The Kier molecular flexibility index (Phi) is 5.28. The van der Waals surface area contributed by atoms with E-state index in [1.165, 1.54) is 12.8 Å². The minimum absolute atomic E-state index is 0.0120. The van der Waals surface area contributed by atoms with E-state index in [1.54, 1.807) is 24.4 Å². The number of carboxylic acid groups (broad SMARTS) is 1. The van der Waals surface area contributed by atoms with Crippen molar-refractivity contribution in [2.45, 2.75) is 50.4 Å². The second-order valence-corrected chi connectivity index (χ2v) is 6.29. The average Bonchev–Trinajstić information content (AvgIpc) is 2.73. The predicted octanol–water partition coefficient (Wildman–Crippen LogP) is 3.05. The van der Waals surface area contributed by atoms with Crippen LogP contribution in [0, 0.1) is 5.92 Å². The summed E-state index contributed by atoms with van der Waals surface area (Å²) in [6.07, 6.45) is 8.91. The molecule has 1 aromatic heterocycles. The summed E-state index contributed by atoms with van der Waals surface area (Å²) >= 11 is 5.15. The SMILES string of the molecule is NC(=S)C(CC1CCCCCC1)(C(=O)O)c1ccccn1. The van der Waals surface area contributed by atoms with Gasteiger partial charge < -0.3 is 10.8 Å². The maximum atomic E-state index is 12.0. The monoisotopic (exact) mass is 306 g/mol. The Bertz CT molecular complexity index is 482. The van der Waals surface area contributed by atoms with Gasteiger partial charge in [-0.05, 0) is 24.5 Å². The fraction of sp³-hybridized carbons (Fsp3) is 0.562. The molecule has 3 N–H and O–H groups in total. The van der Waals surface area contributed by atoms with E-state index in [0.29, 0.717) is 18.0 Å². The Morgan fingerprint density at radius 2 is 2.00 bits per heavy atom. The molecule has 1 atom stereocenters. The molecule has 1 saturated carbocycles. The van der Waals surface area contributed by atoms with Crippen LogP contribution in [0.25, 0.3) is 0 Å². The maximum Gasteiger partial charge on any atom is 0.322 e. The van der Waals surface area contributed by atoms with Gasteiger partial charge in [0.2, 0.25) is 0 Å². The third-order valence-corrected chi connectivity index (χ3v) is 4.81. The van der Waals surface area contributed by atoms with E-state index in [0.717, 1.165) is 25.7 Å². The number of aliphatic carboxylic acids is 1. The lowest BCUT2D eigenvalue weighted by Gasteiger charge is -2.31. The molecule has 0 bridgehead atoms. The third-order valence-electron chi connectivity index (χ3n) is 4.46. The number of carboxylic acids is 1. The van der Waals surface area contributed by atoms with Crippen LogP contribution >= 0.6 is 12.2 Å². The molecule has 0 saturated heterocycles. The van der Waals surface area contributed by atoms with E-state index in [4.69, 9.17) is 18.0 Å². The summed E-state index contributed by atoms with van der Waals surface area (Å²) in [5.74, 6) is -0.648. The minimum Gasteiger partial charge on any atom is -0.480 e. The number of nitrogens with zero attached hydrogens (tertiary/aromatic N) is 1. The Labute approximate surface area is 130 Å². The van der Waals surface area contributed by atoms with Crippen molar-refractivity contribution in [3.8, 4) is 0 Å². The molecule has 2 rings (SSSR count). The van der Waals surface area contributed by atoms with Gasteiger partial charge in [0.05, 0.1) is 10.7 Å². The first-order valence-electron chi connectivity index (χ1n) is 7.52. The molecule has 1 unspecified atom stereocenters. The first-order valence-corrected chi connectivity index (χ1v) is 7.93. The zero-order valence-electron chi connectivity index (χ0n) is 12.1. The first-order chi connectivity index (χ1) is 10.1. The lowest BCUT2D eigenvalue weighted by molar-refractivity contribution is -0.141. The quantitative estimate of drug-likeness (QED) is 0.646. The van der Waals surface area contributed by atoms with E-state index >= 15 is 0 Å². The highest BCUT2D eigenvalue weighted by Crippen LogP contribution is 2.36.